The van der Waals surface area contributed by atoms with Gasteiger partial charge in [-0.15, -0.1) is 0 Å². The molecule has 0 aromatic carbocycles. The second-order valence-electron chi connectivity index (χ2n) is 6.60. The average Bonchev–Trinajstić information content (AvgIpc) is 2.59. The zero-order chi connectivity index (χ0) is 16.1. The van der Waals surface area contributed by atoms with Crippen molar-refractivity contribution in [3.8, 4) is 0 Å². The number of hydrogen-bond donors (Lipinski definition) is 2. The first-order valence-electron chi connectivity index (χ1n) is 8.69. The van der Waals surface area contributed by atoms with Gasteiger partial charge in [-0.25, -0.2) is 0 Å². The smallest absolute Gasteiger partial charge is 0.0573 e. The van der Waals surface area contributed by atoms with E-state index in [0.717, 1.165) is 32.7 Å². The average molecular weight is 312 g/mol. The second-order valence-corrected chi connectivity index (χ2v) is 6.60. The molecule has 23 heavy (non-hydrogen) atoms. The Bertz CT molecular complexity index is 585. The maximum Gasteiger partial charge on any atom is 0.0573 e. The normalized spacial score (nSPS) is 19.3. The molecule has 3 heterocycles. The Kier molecular flexibility index (Phi) is 5.47. The Morgan fingerprint density at radius 2 is 2.04 bits per heavy atom. The van der Waals surface area contributed by atoms with Crippen LogP contribution in [0.15, 0.2) is 41.8 Å². The number of nitrogens with zero attached hydrogens (tertiary/aromatic N) is 2. The van der Waals surface area contributed by atoms with Gasteiger partial charge in [0.1, 0.15) is 0 Å². The molecule has 0 spiro atoms. The lowest BCUT2D eigenvalue weighted by Gasteiger charge is -2.36. The van der Waals surface area contributed by atoms with Crippen molar-refractivity contribution < 1.29 is 0 Å². The number of aryl methyl sites for hydroxylation is 1. The molecule has 1 saturated heterocycles. The number of allylic oxidation sites excluding steroid dienone is 2. The van der Waals surface area contributed by atoms with Crippen LogP contribution in [0.5, 0.6) is 0 Å². The summed E-state index contributed by atoms with van der Waals surface area (Å²) >= 11 is 0. The van der Waals surface area contributed by atoms with Crippen LogP contribution in [-0.2, 0) is 6.54 Å². The summed E-state index contributed by atoms with van der Waals surface area (Å²) in [6.45, 7) is 9.45. The van der Waals surface area contributed by atoms with Crippen LogP contribution in [0.3, 0.4) is 0 Å². The number of aromatic nitrogens is 1. The molecule has 3 rings (SSSR count). The van der Waals surface area contributed by atoms with Crippen molar-refractivity contribution in [2.75, 3.05) is 26.2 Å². The van der Waals surface area contributed by atoms with E-state index in [4.69, 9.17) is 0 Å². The Morgan fingerprint density at radius 3 is 2.78 bits per heavy atom. The van der Waals surface area contributed by atoms with Gasteiger partial charge in [0, 0.05) is 37.6 Å². The first kappa shape index (κ1) is 16.2. The van der Waals surface area contributed by atoms with Gasteiger partial charge in [0.15, 0.2) is 0 Å². The lowest BCUT2D eigenvalue weighted by atomic mass is 10.0. The largest absolute Gasteiger partial charge is 0.384 e. The number of dihydropyridines is 1. The zero-order valence-corrected chi connectivity index (χ0v) is 14.3. The quantitative estimate of drug-likeness (QED) is 0.876. The Labute approximate surface area is 139 Å². The van der Waals surface area contributed by atoms with Gasteiger partial charge >= 0.3 is 0 Å². The SMILES string of the molecule is CC1=C(CN(Cc2ncccc2C)C2CCNCC2)NCC=C1. The first-order chi connectivity index (χ1) is 11.2. The highest BCUT2D eigenvalue weighted by atomic mass is 15.2. The van der Waals surface area contributed by atoms with Gasteiger partial charge in [-0.1, -0.05) is 18.2 Å². The van der Waals surface area contributed by atoms with Crippen molar-refractivity contribution in [3.63, 3.8) is 0 Å². The van der Waals surface area contributed by atoms with Gasteiger partial charge in [0.25, 0.3) is 0 Å². The fourth-order valence-electron chi connectivity index (χ4n) is 3.40. The zero-order valence-electron chi connectivity index (χ0n) is 14.3. The molecule has 0 radical (unpaired) electrons. The molecule has 1 fully saturated rings. The van der Waals surface area contributed by atoms with E-state index < -0.39 is 0 Å². The molecule has 4 heteroatoms. The predicted octanol–water partition coefficient (Wildman–Crippen LogP) is 2.38. The summed E-state index contributed by atoms with van der Waals surface area (Å²) in [6, 6.07) is 4.81. The van der Waals surface area contributed by atoms with Gasteiger partial charge in [-0.05, 0) is 57.0 Å². The van der Waals surface area contributed by atoms with Gasteiger partial charge in [0.05, 0.1) is 5.69 Å². The molecule has 4 nitrogen and oxygen atoms in total. The third-order valence-electron chi connectivity index (χ3n) is 4.93. The van der Waals surface area contributed by atoms with Crippen molar-refractivity contribution in [2.24, 2.45) is 0 Å². The van der Waals surface area contributed by atoms with Crippen LogP contribution in [-0.4, -0.2) is 42.1 Å². The molecule has 2 aliphatic rings. The number of piperidine rings is 1. The number of hydrogen-bond acceptors (Lipinski definition) is 4. The molecular weight excluding hydrogens is 284 g/mol. The van der Waals surface area contributed by atoms with E-state index in [1.54, 1.807) is 0 Å². The topological polar surface area (TPSA) is 40.2 Å². The minimum Gasteiger partial charge on any atom is -0.384 e. The molecular formula is C19H28N4. The van der Waals surface area contributed by atoms with Crippen molar-refractivity contribution in [1.29, 1.82) is 0 Å². The van der Waals surface area contributed by atoms with Crippen LogP contribution in [0, 0.1) is 6.92 Å². The lowest BCUT2D eigenvalue weighted by Crippen LogP contribution is -2.45. The molecule has 1 aromatic rings. The fraction of sp³-hybridized carbons (Fsp3) is 0.526. The van der Waals surface area contributed by atoms with E-state index in [1.165, 1.54) is 35.4 Å². The lowest BCUT2D eigenvalue weighted by molar-refractivity contribution is 0.162. The van der Waals surface area contributed by atoms with E-state index in [-0.39, 0.29) is 0 Å². The van der Waals surface area contributed by atoms with Crippen molar-refractivity contribution in [3.05, 3.63) is 53.0 Å². The molecule has 0 atom stereocenters. The monoisotopic (exact) mass is 312 g/mol. The minimum atomic E-state index is 0.630. The van der Waals surface area contributed by atoms with Crippen LogP contribution >= 0.6 is 0 Å². The molecule has 0 aliphatic carbocycles. The summed E-state index contributed by atoms with van der Waals surface area (Å²) in [5, 5.41) is 7.03. The molecule has 124 valence electrons. The van der Waals surface area contributed by atoms with Gasteiger partial charge in [-0.3, -0.25) is 9.88 Å². The maximum atomic E-state index is 4.62. The van der Waals surface area contributed by atoms with Gasteiger partial charge in [0.2, 0.25) is 0 Å². The highest BCUT2D eigenvalue weighted by molar-refractivity contribution is 5.28. The number of pyridine rings is 1. The van der Waals surface area contributed by atoms with Crippen molar-refractivity contribution >= 4 is 0 Å². The first-order valence-corrected chi connectivity index (χ1v) is 8.69. The van der Waals surface area contributed by atoms with Crippen molar-refractivity contribution in [1.82, 2.24) is 20.5 Å². The standard InChI is InChI=1S/C19H28N4/c1-15-5-3-9-21-18(15)13-23(17-7-11-20-12-8-17)14-19-16(2)6-4-10-22-19/h3-6,9,17,20,22H,7-8,10-14H2,1-2H3. The highest BCUT2D eigenvalue weighted by Gasteiger charge is 2.23. The predicted molar refractivity (Wildman–Crippen MR) is 95.1 cm³/mol. The summed E-state index contributed by atoms with van der Waals surface area (Å²) in [6.07, 6.45) is 8.77. The summed E-state index contributed by atoms with van der Waals surface area (Å²) in [5.41, 5.74) is 5.21. The molecule has 0 bridgehead atoms. The van der Waals surface area contributed by atoms with Crippen LogP contribution in [0.25, 0.3) is 0 Å². The van der Waals surface area contributed by atoms with E-state index in [2.05, 4.69) is 52.6 Å². The van der Waals surface area contributed by atoms with Crippen LogP contribution in [0.4, 0.5) is 0 Å². The van der Waals surface area contributed by atoms with E-state index in [1.807, 2.05) is 12.3 Å². The Hall–Kier alpha value is -1.65. The molecule has 1 aromatic heterocycles. The third-order valence-corrected chi connectivity index (χ3v) is 4.93. The van der Waals surface area contributed by atoms with Crippen LogP contribution in [0.1, 0.15) is 31.0 Å². The third kappa shape index (κ3) is 4.21. The van der Waals surface area contributed by atoms with Crippen LogP contribution < -0.4 is 10.6 Å². The fourth-order valence-corrected chi connectivity index (χ4v) is 3.40. The maximum absolute atomic E-state index is 4.62. The van der Waals surface area contributed by atoms with Gasteiger partial charge < -0.3 is 10.6 Å². The molecule has 2 aliphatic heterocycles. The minimum absolute atomic E-state index is 0.630. The summed E-state index contributed by atoms with van der Waals surface area (Å²) < 4.78 is 0. The van der Waals surface area contributed by atoms with E-state index >= 15 is 0 Å². The molecule has 0 amide bonds. The summed E-state index contributed by atoms with van der Waals surface area (Å²) in [7, 11) is 0. The van der Waals surface area contributed by atoms with Crippen molar-refractivity contribution in [2.45, 2.75) is 39.3 Å². The van der Waals surface area contributed by atoms with Crippen LogP contribution in [0.2, 0.25) is 0 Å². The van der Waals surface area contributed by atoms with E-state index in [0.29, 0.717) is 6.04 Å². The number of nitrogens with one attached hydrogen (secondary N) is 2. The summed E-state index contributed by atoms with van der Waals surface area (Å²) in [4.78, 5) is 7.23. The summed E-state index contributed by atoms with van der Waals surface area (Å²) in [5.74, 6) is 0. The van der Waals surface area contributed by atoms with E-state index in [9.17, 15) is 0 Å². The Balaban J connectivity index is 1.78. The van der Waals surface area contributed by atoms with Gasteiger partial charge in [-0.2, -0.15) is 0 Å². The molecule has 2 N–H and O–H groups in total. The molecule has 0 saturated carbocycles. The second kappa shape index (κ2) is 7.75. The highest BCUT2D eigenvalue weighted by Crippen LogP contribution is 2.19. The number of rotatable bonds is 5. The Morgan fingerprint density at radius 1 is 1.22 bits per heavy atom. The molecule has 0 unspecified atom stereocenters.